The Bertz CT molecular complexity index is 1670. The summed E-state index contributed by atoms with van der Waals surface area (Å²) in [5.41, 5.74) is 2.60. The first-order valence-corrected chi connectivity index (χ1v) is 14.5. The van der Waals surface area contributed by atoms with Crippen molar-refractivity contribution in [3.05, 3.63) is 73.9 Å². The van der Waals surface area contributed by atoms with Crippen LogP contribution in [-0.4, -0.2) is 45.4 Å². The van der Waals surface area contributed by atoms with E-state index in [9.17, 15) is 14.4 Å². The number of hydrogen-bond acceptors (Lipinski definition) is 8. The van der Waals surface area contributed by atoms with E-state index in [2.05, 4.69) is 39.4 Å². The molecule has 1 saturated heterocycles. The van der Waals surface area contributed by atoms with Gasteiger partial charge >= 0.3 is 17.7 Å². The van der Waals surface area contributed by atoms with E-state index in [1.54, 1.807) is 0 Å². The topological polar surface area (TPSA) is 127 Å². The summed E-state index contributed by atoms with van der Waals surface area (Å²) in [5, 5.41) is 4.52. The first-order chi connectivity index (χ1) is 20.0. The third-order valence-corrected chi connectivity index (χ3v) is 8.79. The van der Waals surface area contributed by atoms with Gasteiger partial charge in [0, 0.05) is 25.1 Å². The maximum Gasteiger partial charge on any atom is 0.410 e. The largest absolute Gasteiger partial charge is 0.446 e. The number of fused-ring (bicyclic) bond motifs is 3. The van der Waals surface area contributed by atoms with Crippen LogP contribution in [0.4, 0.5) is 4.79 Å². The second-order valence-electron chi connectivity index (χ2n) is 11.6. The highest BCUT2D eigenvalue weighted by Gasteiger charge is 2.47. The van der Waals surface area contributed by atoms with Crippen molar-refractivity contribution in [1.29, 1.82) is 0 Å². The SMILES string of the molecule is O=C(OC1CCCC1)N1CC/C(=N\Oc2nc3oc(=O)cc(CC4CC=Cc5ccccc54)c3c(=O)[nH]2)CC2CC21. The van der Waals surface area contributed by atoms with Crippen LogP contribution >= 0.6 is 0 Å². The Balaban J connectivity index is 1.08. The maximum absolute atomic E-state index is 13.2. The molecule has 0 bridgehead atoms. The second-order valence-corrected chi connectivity index (χ2v) is 11.6. The number of allylic oxidation sites excluding steroid dienone is 1. The fourth-order valence-corrected chi connectivity index (χ4v) is 6.60. The maximum atomic E-state index is 13.2. The number of benzene rings is 1. The van der Waals surface area contributed by atoms with Crippen molar-refractivity contribution in [2.45, 2.75) is 75.9 Å². The molecule has 0 radical (unpaired) electrons. The lowest BCUT2D eigenvalue weighted by molar-refractivity contribution is 0.0633. The van der Waals surface area contributed by atoms with Crippen molar-refractivity contribution in [3.63, 3.8) is 0 Å². The highest BCUT2D eigenvalue weighted by molar-refractivity contribution is 5.86. The molecule has 3 heterocycles. The lowest BCUT2D eigenvalue weighted by Crippen LogP contribution is -2.36. The van der Waals surface area contributed by atoms with E-state index < -0.39 is 11.2 Å². The molecule has 2 aromatic heterocycles. The van der Waals surface area contributed by atoms with E-state index in [0.29, 0.717) is 37.3 Å². The van der Waals surface area contributed by atoms with Crippen LogP contribution in [0.2, 0.25) is 0 Å². The first kappa shape index (κ1) is 25.7. The smallest absolute Gasteiger partial charge is 0.410 e. The minimum Gasteiger partial charge on any atom is -0.446 e. The van der Waals surface area contributed by atoms with Gasteiger partial charge in [0.25, 0.3) is 5.56 Å². The summed E-state index contributed by atoms with van der Waals surface area (Å²) in [6, 6.07) is 9.55. The van der Waals surface area contributed by atoms with Crippen molar-refractivity contribution < 1.29 is 18.8 Å². The van der Waals surface area contributed by atoms with Crippen molar-refractivity contribution in [3.8, 4) is 6.01 Å². The molecule has 1 aliphatic heterocycles. The molecule has 212 valence electrons. The normalized spacial score (nSPS) is 24.6. The number of ether oxygens (including phenoxy) is 1. The van der Waals surface area contributed by atoms with E-state index in [1.165, 1.54) is 11.6 Å². The predicted octanol–water partition coefficient (Wildman–Crippen LogP) is 4.92. The first-order valence-electron chi connectivity index (χ1n) is 14.5. The molecular formula is C31H32N4O6. The minimum absolute atomic E-state index is 0.0334. The highest BCUT2D eigenvalue weighted by atomic mass is 16.6. The van der Waals surface area contributed by atoms with Gasteiger partial charge in [-0.3, -0.25) is 9.78 Å². The van der Waals surface area contributed by atoms with E-state index in [0.717, 1.165) is 49.8 Å². The summed E-state index contributed by atoms with van der Waals surface area (Å²) in [6.45, 7) is 0.508. The fourth-order valence-electron chi connectivity index (χ4n) is 6.60. The Kier molecular flexibility index (Phi) is 6.68. The van der Waals surface area contributed by atoms with Crippen LogP contribution in [0.1, 0.15) is 74.0 Å². The van der Waals surface area contributed by atoms with Gasteiger partial charge in [0.05, 0.1) is 5.71 Å². The van der Waals surface area contributed by atoms with Gasteiger partial charge in [-0.15, -0.1) is 0 Å². The molecule has 10 nitrogen and oxygen atoms in total. The molecule has 2 saturated carbocycles. The quantitative estimate of drug-likeness (QED) is 0.442. The van der Waals surface area contributed by atoms with Gasteiger partial charge in [0.1, 0.15) is 11.5 Å². The summed E-state index contributed by atoms with van der Waals surface area (Å²) in [4.78, 5) is 52.7. The van der Waals surface area contributed by atoms with Gasteiger partial charge < -0.3 is 18.9 Å². The number of nitrogens with one attached hydrogen (secondary N) is 1. The Morgan fingerprint density at radius 1 is 1.20 bits per heavy atom. The minimum atomic E-state index is -0.573. The van der Waals surface area contributed by atoms with Gasteiger partial charge in [-0.1, -0.05) is 41.6 Å². The molecular weight excluding hydrogens is 524 g/mol. The van der Waals surface area contributed by atoms with Crippen LogP contribution in [-0.2, 0) is 11.2 Å². The summed E-state index contributed by atoms with van der Waals surface area (Å²) in [5.74, 6) is 0.444. The number of carbonyl (C=O) groups is 1. The molecule has 3 atom stereocenters. The van der Waals surface area contributed by atoms with Crippen molar-refractivity contribution in [2.24, 2.45) is 11.1 Å². The molecule has 3 aliphatic carbocycles. The number of hydrogen-bond donors (Lipinski definition) is 1. The number of aromatic amines is 1. The zero-order valence-corrected chi connectivity index (χ0v) is 22.7. The highest BCUT2D eigenvalue weighted by Crippen LogP contribution is 2.42. The molecule has 41 heavy (non-hydrogen) atoms. The van der Waals surface area contributed by atoms with Crippen LogP contribution in [0.5, 0.6) is 6.01 Å². The molecule has 4 aliphatic rings. The summed E-state index contributed by atoms with van der Waals surface area (Å²) >= 11 is 0. The molecule has 3 fully saturated rings. The number of oxime groups is 1. The number of H-pyrrole nitrogens is 1. The van der Waals surface area contributed by atoms with Gasteiger partial charge in [-0.05, 0) is 79.9 Å². The van der Waals surface area contributed by atoms with E-state index in [-0.39, 0.29) is 41.3 Å². The van der Waals surface area contributed by atoms with Crippen LogP contribution in [0.3, 0.4) is 0 Å². The average Bonchev–Trinajstić information content (AvgIpc) is 3.56. The second kappa shape index (κ2) is 10.6. The Morgan fingerprint density at radius 3 is 2.93 bits per heavy atom. The monoisotopic (exact) mass is 556 g/mol. The third-order valence-electron chi connectivity index (χ3n) is 8.79. The van der Waals surface area contributed by atoms with Crippen molar-refractivity contribution in [2.75, 3.05) is 6.54 Å². The molecule has 10 heteroatoms. The molecule has 1 amide bonds. The molecule has 3 aromatic rings. The predicted molar refractivity (Wildman–Crippen MR) is 152 cm³/mol. The Morgan fingerprint density at radius 2 is 2.05 bits per heavy atom. The fraction of sp³-hybridized carbons (Fsp3) is 0.452. The van der Waals surface area contributed by atoms with Crippen molar-refractivity contribution in [1.82, 2.24) is 14.9 Å². The van der Waals surface area contributed by atoms with Gasteiger partial charge in [-0.25, -0.2) is 9.59 Å². The number of amides is 1. The lowest BCUT2D eigenvalue weighted by atomic mass is 9.83. The van der Waals surface area contributed by atoms with E-state index >= 15 is 0 Å². The summed E-state index contributed by atoms with van der Waals surface area (Å²) in [7, 11) is 0. The molecule has 7 rings (SSSR count). The van der Waals surface area contributed by atoms with E-state index in [4.69, 9.17) is 14.0 Å². The average molecular weight is 557 g/mol. The van der Waals surface area contributed by atoms with Gasteiger partial charge in [0.15, 0.2) is 0 Å². The number of carbonyl (C=O) groups excluding carboxylic acids is 1. The van der Waals surface area contributed by atoms with E-state index in [1.807, 2.05) is 17.0 Å². The van der Waals surface area contributed by atoms with Crippen LogP contribution < -0.4 is 16.0 Å². The molecule has 1 N–H and O–H groups in total. The lowest BCUT2D eigenvalue weighted by Gasteiger charge is -2.23. The summed E-state index contributed by atoms with van der Waals surface area (Å²) in [6.07, 6.45) is 11.6. The van der Waals surface area contributed by atoms with Gasteiger partial charge in [-0.2, -0.15) is 4.98 Å². The number of likely N-dealkylation sites (tertiary alicyclic amines) is 1. The van der Waals surface area contributed by atoms with Crippen LogP contribution in [0.25, 0.3) is 17.2 Å². The zero-order chi connectivity index (χ0) is 27.9. The zero-order valence-electron chi connectivity index (χ0n) is 22.7. The number of rotatable bonds is 5. The van der Waals surface area contributed by atoms with Crippen LogP contribution in [0, 0.1) is 5.92 Å². The van der Waals surface area contributed by atoms with Gasteiger partial charge in [0.2, 0.25) is 5.71 Å². The third kappa shape index (κ3) is 5.30. The number of aromatic nitrogens is 2. The molecule has 3 unspecified atom stereocenters. The van der Waals surface area contributed by atoms with Crippen molar-refractivity contribution >= 4 is 29.0 Å². The Labute approximate surface area is 236 Å². The number of nitrogens with zero attached hydrogens (tertiary/aromatic N) is 3. The molecule has 0 spiro atoms. The molecule has 1 aromatic carbocycles. The standard InChI is InChI=1S/C31H32N4O6/c36-26-17-21(14-19-8-5-7-18-6-1-4-11-24(18)19)27-28(37)32-30(33-29(27)40-26)41-34-22-12-13-35(25-16-20(25)15-22)31(38)39-23-9-2-3-10-23/h1,4-7,11,17,19-20,23,25H,2-3,8-10,12-16H2,(H,32,33,37)/b34-22+. The summed E-state index contributed by atoms with van der Waals surface area (Å²) < 4.78 is 11.1. The van der Waals surface area contributed by atoms with Crippen LogP contribution in [0.15, 0.2) is 55.6 Å². The Hall–Kier alpha value is -4.21.